The zero-order chi connectivity index (χ0) is 13.1. The second-order valence-corrected chi connectivity index (χ2v) is 5.96. The molecular formula is C14H20N4S. The summed E-state index contributed by atoms with van der Waals surface area (Å²) in [7, 11) is 1.93. The first-order valence-electron chi connectivity index (χ1n) is 7.01. The molecule has 0 aromatic carbocycles. The predicted molar refractivity (Wildman–Crippen MR) is 80.7 cm³/mol. The molecular weight excluding hydrogens is 256 g/mol. The number of likely N-dealkylation sites (tertiary alicyclic amines) is 1. The lowest BCUT2D eigenvalue weighted by Gasteiger charge is -2.18. The van der Waals surface area contributed by atoms with E-state index in [1.54, 1.807) is 11.3 Å². The minimum Gasteiger partial charge on any atom is -0.372 e. The summed E-state index contributed by atoms with van der Waals surface area (Å²) in [6.07, 6.45) is 5.34. The molecule has 0 radical (unpaired) electrons. The second-order valence-electron chi connectivity index (χ2n) is 5.07. The summed E-state index contributed by atoms with van der Waals surface area (Å²) < 4.78 is 0. The quantitative estimate of drug-likeness (QED) is 0.935. The zero-order valence-corrected chi connectivity index (χ0v) is 12.2. The van der Waals surface area contributed by atoms with Crippen LogP contribution in [0.3, 0.4) is 0 Å². The first kappa shape index (κ1) is 12.8. The van der Waals surface area contributed by atoms with Crippen LogP contribution in [0.4, 0.5) is 5.82 Å². The number of nitrogens with zero attached hydrogens (tertiary/aromatic N) is 3. The van der Waals surface area contributed by atoms with Crippen molar-refractivity contribution >= 4 is 27.4 Å². The van der Waals surface area contributed by atoms with E-state index in [0.717, 1.165) is 28.4 Å². The fourth-order valence-electron chi connectivity index (χ4n) is 2.66. The van der Waals surface area contributed by atoms with Gasteiger partial charge in [0, 0.05) is 7.05 Å². The molecule has 0 amide bonds. The zero-order valence-electron chi connectivity index (χ0n) is 11.4. The number of fused-ring (bicyclic) bond motifs is 1. The van der Waals surface area contributed by atoms with Gasteiger partial charge < -0.3 is 5.32 Å². The van der Waals surface area contributed by atoms with E-state index in [1.807, 2.05) is 7.05 Å². The van der Waals surface area contributed by atoms with E-state index in [2.05, 4.69) is 26.6 Å². The van der Waals surface area contributed by atoms with Crippen molar-refractivity contribution in [1.29, 1.82) is 0 Å². The molecule has 0 atom stereocenters. The monoisotopic (exact) mass is 276 g/mol. The molecule has 1 fully saturated rings. The summed E-state index contributed by atoms with van der Waals surface area (Å²) in [4.78, 5) is 12.9. The molecule has 0 bridgehead atoms. The van der Waals surface area contributed by atoms with Gasteiger partial charge >= 0.3 is 0 Å². The van der Waals surface area contributed by atoms with Crippen molar-refractivity contribution in [2.45, 2.75) is 32.2 Å². The number of aromatic nitrogens is 2. The Bertz CT molecular complexity index is 543. The standard InChI is InChI=1S/C14H20N4S/c1-15-13-11-6-9-19-14(11)17-12(16-13)10-18-7-4-2-3-5-8-18/h6,9H,2-5,7-8,10H2,1H3,(H,15,16,17). The average Bonchev–Trinajstić information content (AvgIpc) is 2.75. The van der Waals surface area contributed by atoms with E-state index >= 15 is 0 Å². The highest BCUT2D eigenvalue weighted by Crippen LogP contribution is 2.25. The SMILES string of the molecule is CNc1nc(CN2CCCCCC2)nc2sccc12. The Morgan fingerprint density at radius 1 is 1.21 bits per heavy atom. The molecule has 5 heteroatoms. The highest BCUT2D eigenvalue weighted by atomic mass is 32.1. The maximum atomic E-state index is 4.69. The second kappa shape index (κ2) is 5.84. The van der Waals surface area contributed by atoms with Crippen molar-refractivity contribution in [1.82, 2.24) is 14.9 Å². The van der Waals surface area contributed by atoms with Gasteiger partial charge in [-0.1, -0.05) is 12.8 Å². The third kappa shape index (κ3) is 2.87. The van der Waals surface area contributed by atoms with Gasteiger partial charge in [0.05, 0.1) is 11.9 Å². The van der Waals surface area contributed by atoms with Crippen molar-refractivity contribution in [3.05, 3.63) is 17.3 Å². The van der Waals surface area contributed by atoms with E-state index < -0.39 is 0 Å². The summed E-state index contributed by atoms with van der Waals surface area (Å²) in [5, 5.41) is 6.39. The van der Waals surface area contributed by atoms with E-state index in [1.165, 1.54) is 38.8 Å². The Kier molecular flexibility index (Phi) is 3.94. The Labute approximate surface area is 117 Å². The molecule has 0 unspecified atom stereocenters. The van der Waals surface area contributed by atoms with Crippen LogP contribution in [-0.4, -0.2) is 35.0 Å². The number of rotatable bonds is 3. The van der Waals surface area contributed by atoms with E-state index in [-0.39, 0.29) is 0 Å². The lowest BCUT2D eigenvalue weighted by molar-refractivity contribution is 0.270. The number of anilines is 1. The molecule has 19 heavy (non-hydrogen) atoms. The first-order chi connectivity index (χ1) is 9.36. The lowest BCUT2D eigenvalue weighted by atomic mass is 10.2. The summed E-state index contributed by atoms with van der Waals surface area (Å²) in [5.74, 6) is 1.90. The van der Waals surface area contributed by atoms with Crippen LogP contribution in [0.2, 0.25) is 0 Å². The van der Waals surface area contributed by atoms with E-state index in [0.29, 0.717) is 0 Å². The molecule has 102 valence electrons. The molecule has 1 N–H and O–H groups in total. The number of hydrogen-bond acceptors (Lipinski definition) is 5. The minimum absolute atomic E-state index is 0.878. The van der Waals surface area contributed by atoms with Gasteiger partial charge in [-0.25, -0.2) is 9.97 Å². The van der Waals surface area contributed by atoms with Crippen molar-refractivity contribution in [2.24, 2.45) is 0 Å². The van der Waals surface area contributed by atoms with Gasteiger partial charge in [-0.2, -0.15) is 0 Å². The molecule has 3 heterocycles. The number of hydrogen-bond donors (Lipinski definition) is 1. The smallest absolute Gasteiger partial charge is 0.146 e. The van der Waals surface area contributed by atoms with Gasteiger partial charge in [0.1, 0.15) is 16.5 Å². The topological polar surface area (TPSA) is 41.1 Å². The minimum atomic E-state index is 0.878. The first-order valence-corrected chi connectivity index (χ1v) is 7.89. The maximum absolute atomic E-state index is 4.69. The van der Waals surface area contributed by atoms with Crippen LogP contribution in [0.25, 0.3) is 10.2 Å². The van der Waals surface area contributed by atoms with Gasteiger partial charge in [-0.3, -0.25) is 4.90 Å². The van der Waals surface area contributed by atoms with Crippen LogP contribution in [0.15, 0.2) is 11.4 Å². The summed E-state index contributed by atoms with van der Waals surface area (Å²) in [6, 6.07) is 2.08. The number of nitrogens with one attached hydrogen (secondary N) is 1. The molecule has 0 aliphatic carbocycles. The van der Waals surface area contributed by atoms with Gasteiger partial charge in [0.15, 0.2) is 0 Å². The fourth-order valence-corrected chi connectivity index (χ4v) is 3.44. The highest BCUT2D eigenvalue weighted by molar-refractivity contribution is 7.16. The van der Waals surface area contributed by atoms with Crippen molar-refractivity contribution in [2.75, 3.05) is 25.5 Å². The Balaban J connectivity index is 1.83. The molecule has 1 aliphatic rings. The Morgan fingerprint density at radius 2 is 2.00 bits per heavy atom. The van der Waals surface area contributed by atoms with Crippen LogP contribution in [0.5, 0.6) is 0 Å². The Hall–Kier alpha value is -1.20. The van der Waals surface area contributed by atoms with Gasteiger partial charge in [0.2, 0.25) is 0 Å². The summed E-state index contributed by atoms with van der Waals surface area (Å²) in [5.41, 5.74) is 0. The van der Waals surface area contributed by atoms with Crippen molar-refractivity contribution < 1.29 is 0 Å². The van der Waals surface area contributed by atoms with Crippen molar-refractivity contribution in [3.8, 4) is 0 Å². The third-order valence-electron chi connectivity index (χ3n) is 3.67. The van der Waals surface area contributed by atoms with Crippen LogP contribution in [0.1, 0.15) is 31.5 Å². The van der Waals surface area contributed by atoms with Crippen molar-refractivity contribution in [3.63, 3.8) is 0 Å². The third-order valence-corrected chi connectivity index (χ3v) is 4.48. The van der Waals surface area contributed by atoms with Gasteiger partial charge in [0.25, 0.3) is 0 Å². The normalized spacial score (nSPS) is 17.5. The maximum Gasteiger partial charge on any atom is 0.146 e. The number of thiophene rings is 1. The van der Waals surface area contributed by atoms with Crippen LogP contribution in [-0.2, 0) is 6.54 Å². The molecule has 0 saturated carbocycles. The molecule has 3 rings (SSSR count). The summed E-state index contributed by atoms with van der Waals surface area (Å²) in [6.45, 7) is 3.24. The lowest BCUT2D eigenvalue weighted by Crippen LogP contribution is -2.25. The largest absolute Gasteiger partial charge is 0.372 e. The van der Waals surface area contributed by atoms with Crippen LogP contribution in [0, 0.1) is 0 Å². The van der Waals surface area contributed by atoms with Crippen LogP contribution >= 0.6 is 11.3 Å². The van der Waals surface area contributed by atoms with E-state index in [9.17, 15) is 0 Å². The fraction of sp³-hybridized carbons (Fsp3) is 0.571. The highest BCUT2D eigenvalue weighted by Gasteiger charge is 2.13. The molecule has 2 aromatic heterocycles. The molecule has 4 nitrogen and oxygen atoms in total. The molecule has 1 aliphatic heterocycles. The molecule has 0 spiro atoms. The predicted octanol–water partition coefficient (Wildman–Crippen LogP) is 3.11. The van der Waals surface area contributed by atoms with Gasteiger partial charge in [-0.15, -0.1) is 11.3 Å². The molecule has 2 aromatic rings. The Morgan fingerprint density at radius 3 is 2.74 bits per heavy atom. The van der Waals surface area contributed by atoms with Crippen LogP contribution < -0.4 is 5.32 Å². The van der Waals surface area contributed by atoms with E-state index in [4.69, 9.17) is 4.98 Å². The summed E-state index contributed by atoms with van der Waals surface area (Å²) >= 11 is 1.69. The average molecular weight is 276 g/mol. The van der Waals surface area contributed by atoms with Gasteiger partial charge in [-0.05, 0) is 37.4 Å². The molecule has 1 saturated heterocycles.